The smallest absolute Gasteiger partial charge is 0.328 e. The molecular weight excluding hydrogens is 346 g/mol. The van der Waals surface area contributed by atoms with E-state index in [1.165, 1.54) is 13.2 Å². The molecule has 0 saturated carbocycles. The number of allylic oxidation sites excluding steroid dienone is 1. The Balaban J connectivity index is 3.03. The number of carboxylic acids is 1. The summed E-state index contributed by atoms with van der Waals surface area (Å²) in [6.07, 6.45) is 2.35. The van der Waals surface area contributed by atoms with Crippen LogP contribution in [-0.4, -0.2) is 36.1 Å². The number of nitrogens with one attached hydrogen (secondary N) is 1. The fourth-order valence-electron chi connectivity index (χ4n) is 3.04. The Bertz CT molecular complexity index is 641. The molecule has 6 heteroatoms. The van der Waals surface area contributed by atoms with Crippen molar-refractivity contribution < 1.29 is 24.2 Å². The predicted molar refractivity (Wildman–Crippen MR) is 103 cm³/mol. The van der Waals surface area contributed by atoms with Gasteiger partial charge in [-0.2, -0.15) is 0 Å². The number of esters is 1. The molecule has 0 aromatic heterocycles. The van der Waals surface area contributed by atoms with Gasteiger partial charge in [-0.25, -0.2) is 4.79 Å². The summed E-state index contributed by atoms with van der Waals surface area (Å²) in [5, 5.41) is 12.2. The number of amides is 1. The third kappa shape index (κ3) is 7.25. The van der Waals surface area contributed by atoms with Crippen LogP contribution in [0.3, 0.4) is 0 Å². The first-order valence-corrected chi connectivity index (χ1v) is 9.05. The molecule has 2 N–H and O–H groups in total. The molecule has 27 heavy (non-hydrogen) atoms. The van der Waals surface area contributed by atoms with E-state index in [1.54, 1.807) is 0 Å². The molecule has 0 spiro atoms. The van der Waals surface area contributed by atoms with Gasteiger partial charge >= 0.3 is 11.9 Å². The lowest BCUT2D eigenvalue weighted by Crippen LogP contribution is -2.48. The molecule has 0 aliphatic rings. The molecule has 0 saturated heterocycles. The Morgan fingerprint density at radius 2 is 1.81 bits per heavy atom. The minimum atomic E-state index is -1.05. The van der Waals surface area contributed by atoms with Gasteiger partial charge in [-0.05, 0) is 24.3 Å². The molecule has 1 amide bonds. The summed E-state index contributed by atoms with van der Waals surface area (Å²) in [7, 11) is 1.26. The van der Waals surface area contributed by atoms with Crippen molar-refractivity contribution in [2.24, 2.45) is 17.8 Å². The van der Waals surface area contributed by atoms with Crippen LogP contribution in [0.15, 0.2) is 43.0 Å². The average Bonchev–Trinajstić information content (AvgIpc) is 2.63. The first-order chi connectivity index (χ1) is 12.8. The molecule has 0 aliphatic carbocycles. The number of methoxy groups -OCH3 is 1. The average molecular weight is 375 g/mol. The SMILES string of the molecule is C=CC[C@H](C(=O)O)[C@@H](CC(C)C)C(=O)N[C@@H](Cc1ccccc1)C(=O)OC. The zero-order valence-corrected chi connectivity index (χ0v) is 16.2. The minimum absolute atomic E-state index is 0.123. The van der Waals surface area contributed by atoms with Gasteiger partial charge in [0.05, 0.1) is 18.9 Å². The summed E-state index contributed by atoms with van der Waals surface area (Å²) >= 11 is 0. The Morgan fingerprint density at radius 1 is 1.19 bits per heavy atom. The van der Waals surface area contributed by atoms with Gasteiger partial charge in [-0.15, -0.1) is 6.58 Å². The Kier molecular flexibility index (Phi) is 9.26. The number of benzene rings is 1. The highest BCUT2D eigenvalue weighted by Crippen LogP contribution is 2.25. The molecular formula is C21H29NO5. The van der Waals surface area contributed by atoms with Gasteiger partial charge in [0.2, 0.25) is 5.91 Å². The monoisotopic (exact) mass is 375 g/mol. The summed E-state index contributed by atoms with van der Waals surface area (Å²) in [5.41, 5.74) is 0.870. The molecule has 0 heterocycles. The molecule has 0 aliphatic heterocycles. The third-order valence-corrected chi connectivity index (χ3v) is 4.37. The fourth-order valence-corrected chi connectivity index (χ4v) is 3.04. The number of carbonyl (C=O) groups excluding carboxylic acids is 2. The summed E-state index contributed by atoms with van der Waals surface area (Å²) in [4.78, 5) is 36.7. The van der Waals surface area contributed by atoms with E-state index in [4.69, 9.17) is 4.74 Å². The Labute approximate surface area is 160 Å². The van der Waals surface area contributed by atoms with Crippen molar-refractivity contribution in [1.82, 2.24) is 5.32 Å². The van der Waals surface area contributed by atoms with Crippen LogP contribution >= 0.6 is 0 Å². The van der Waals surface area contributed by atoms with Crippen molar-refractivity contribution in [3.8, 4) is 0 Å². The van der Waals surface area contributed by atoms with Gasteiger partial charge in [-0.3, -0.25) is 9.59 Å². The maximum Gasteiger partial charge on any atom is 0.328 e. The van der Waals surface area contributed by atoms with Gasteiger partial charge in [0.15, 0.2) is 0 Å². The second kappa shape index (κ2) is 11.2. The molecule has 0 unspecified atom stereocenters. The van der Waals surface area contributed by atoms with E-state index >= 15 is 0 Å². The highest BCUT2D eigenvalue weighted by molar-refractivity contribution is 5.88. The Morgan fingerprint density at radius 3 is 2.30 bits per heavy atom. The van der Waals surface area contributed by atoms with E-state index in [-0.39, 0.29) is 18.8 Å². The lowest BCUT2D eigenvalue weighted by atomic mass is 9.82. The summed E-state index contributed by atoms with van der Waals surface area (Å²) in [6.45, 7) is 7.44. The molecule has 148 valence electrons. The quantitative estimate of drug-likeness (QED) is 0.458. The van der Waals surface area contributed by atoms with E-state index < -0.39 is 35.7 Å². The van der Waals surface area contributed by atoms with Gasteiger partial charge in [-0.1, -0.05) is 50.3 Å². The van der Waals surface area contributed by atoms with Crippen LogP contribution in [0.1, 0.15) is 32.3 Å². The van der Waals surface area contributed by atoms with Gasteiger partial charge < -0.3 is 15.2 Å². The van der Waals surface area contributed by atoms with E-state index in [0.29, 0.717) is 6.42 Å². The van der Waals surface area contributed by atoms with Gasteiger partial charge in [0, 0.05) is 6.42 Å². The first kappa shape index (κ1) is 22.4. The summed E-state index contributed by atoms with van der Waals surface area (Å²) in [5.74, 6) is -3.59. The topological polar surface area (TPSA) is 92.7 Å². The Hall–Kier alpha value is -2.63. The summed E-state index contributed by atoms with van der Waals surface area (Å²) in [6, 6.07) is 8.38. The number of hydrogen-bond donors (Lipinski definition) is 2. The highest BCUT2D eigenvalue weighted by Gasteiger charge is 2.35. The molecule has 0 radical (unpaired) electrons. The molecule has 3 atom stereocenters. The van der Waals surface area contributed by atoms with Crippen LogP contribution in [0.25, 0.3) is 0 Å². The molecule has 1 aromatic carbocycles. The molecule has 1 rings (SSSR count). The number of rotatable bonds is 11. The van der Waals surface area contributed by atoms with E-state index in [1.807, 2.05) is 44.2 Å². The van der Waals surface area contributed by atoms with Gasteiger partial charge in [0.25, 0.3) is 0 Å². The van der Waals surface area contributed by atoms with Crippen molar-refractivity contribution in [3.05, 3.63) is 48.6 Å². The van der Waals surface area contributed by atoms with Gasteiger partial charge in [0.1, 0.15) is 6.04 Å². The lowest BCUT2D eigenvalue weighted by Gasteiger charge is -2.26. The number of hydrogen-bond acceptors (Lipinski definition) is 4. The van der Waals surface area contributed by atoms with Crippen LogP contribution in [0.4, 0.5) is 0 Å². The molecule has 1 aromatic rings. The number of carboxylic acid groups (broad SMARTS) is 1. The highest BCUT2D eigenvalue weighted by atomic mass is 16.5. The van der Waals surface area contributed by atoms with Crippen molar-refractivity contribution >= 4 is 17.8 Å². The van der Waals surface area contributed by atoms with E-state index in [2.05, 4.69) is 11.9 Å². The number of ether oxygens (including phenoxy) is 1. The third-order valence-electron chi connectivity index (χ3n) is 4.37. The van der Waals surface area contributed by atoms with Crippen molar-refractivity contribution in [1.29, 1.82) is 0 Å². The zero-order chi connectivity index (χ0) is 20.4. The largest absolute Gasteiger partial charge is 0.481 e. The number of aliphatic carboxylic acids is 1. The van der Waals surface area contributed by atoms with Crippen molar-refractivity contribution in [3.63, 3.8) is 0 Å². The molecule has 0 fully saturated rings. The van der Waals surface area contributed by atoms with Crippen LogP contribution in [-0.2, 0) is 25.5 Å². The van der Waals surface area contributed by atoms with E-state index in [0.717, 1.165) is 5.56 Å². The second-order valence-corrected chi connectivity index (χ2v) is 6.98. The van der Waals surface area contributed by atoms with E-state index in [9.17, 15) is 19.5 Å². The second-order valence-electron chi connectivity index (χ2n) is 6.98. The van der Waals surface area contributed by atoms with Crippen LogP contribution < -0.4 is 5.32 Å². The normalized spacial score (nSPS) is 14.1. The molecule has 6 nitrogen and oxygen atoms in total. The lowest BCUT2D eigenvalue weighted by molar-refractivity contribution is -0.149. The van der Waals surface area contributed by atoms with Crippen molar-refractivity contribution in [2.75, 3.05) is 7.11 Å². The maximum atomic E-state index is 12.9. The predicted octanol–water partition coefficient (Wildman–Crippen LogP) is 2.83. The van der Waals surface area contributed by atoms with Crippen LogP contribution in [0, 0.1) is 17.8 Å². The first-order valence-electron chi connectivity index (χ1n) is 9.05. The standard InChI is InChI=1S/C21H29NO5/c1-5-9-16(20(24)25)17(12-14(2)3)19(23)22-18(21(26)27-4)13-15-10-7-6-8-11-15/h5-8,10-11,14,16-18H,1,9,12-13H2,2-4H3,(H,22,23)(H,24,25)/t16-,17+,18-/m0/s1. The summed E-state index contributed by atoms with van der Waals surface area (Å²) < 4.78 is 4.82. The maximum absolute atomic E-state index is 12.9. The van der Waals surface area contributed by atoms with Crippen molar-refractivity contribution in [2.45, 2.75) is 39.2 Å². The van der Waals surface area contributed by atoms with Crippen LogP contribution in [0.5, 0.6) is 0 Å². The number of carbonyl (C=O) groups is 3. The molecule has 0 bridgehead atoms. The minimum Gasteiger partial charge on any atom is -0.481 e. The zero-order valence-electron chi connectivity index (χ0n) is 16.2. The van der Waals surface area contributed by atoms with Crippen LogP contribution in [0.2, 0.25) is 0 Å². The fraction of sp³-hybridized carbons (Fsp3) is 0.476.